The van der Waals surface area contributed by atoms with Crippen LogP contribution in [-0.2, 0) is 0 Å². The highest BCUT2D eigenvalue weighted by Gasteiger charge is 2.23. The van der Waals surface area contributed by atoms with Crippen molar-refractivity contribution in [2.24, 2.45) is 0 Å². The van der Waals surface area contributed by atoms with Crippen LogP contribution in [0.25, 0.3) is 94.8 Å². The number of fused-ring (bicyclic) bond motifs is 3. The van der Waals surface area contributed by atoms with Gasteiger partial charge in [0.15, 0.2) is 5.82 Å². The minimum absolute atomic E-state index is 0.561. The summed E-state index contributed by atoms with van der Waals surface area (Å²) in [6.45, 7) is 0. The number of para-hydroxylation sites is 1. The SMILES string of the molecule is N#Cc1ccc(-c2ccc3c(c2)c2ccccc2n3-c2c(-c3ccc(C#N)cc3)cc(-c3nc(-c4ccccc4)cc(-c4ccccc4)n3)cc2-c2ccc(C#N)cc2)cc1. The molecule has 0 unspecified atom stereocenters. The third-order valence-electron chi connectivity index (χ3n) is 11.1. The van der Waals surface area contributed by atoms with Crippen LogP contribution in [0, 0.1) is 34.0 Å². The molecule has 0 saturated carbocycles. The van der Waals surface area contributed by atoms with E-state index in [1.807, 2.05) is 115 Å². The van der Waals surface area contributed by atoms with Gasteiger partial charge in [-0.1, -0.05) is 121 Å². The monoisotopic (exact) mass is 776 g/mol. The summed E-state index contributed by atoms with van der Waals surface area (Å²) in [7, 11) is 0. The van der Waals surface area contributed by atoms with E-state index < -0.39 is 0 Å². The molecule has 10 aromatic rings. The summed E-state index contributed by atoms with van der Waals surface area (Å²) in [5.74, 6) is 0.561. The Kier molecular flexibility index (Phi) is 9.24. The Morgan fingerprint density at radius 2 is 0.787 bits per heavy atom. The average molecular weight is 777 g/mol. The lowest BCUT2D eigenvalue weighted by Gasteiger charge is -2.21. The zero-order chi connectivity index (χ0) is 41.3. The van der Waals surface area contributed by atoms with Gasteiger partial charge in [-0.3, -0.25) is 0 Å². The topological polar surface area (TPSA) is 102 Å². The maximum atomic E-state index is 9.83. The molecule has 0 aliphatic carbocycles. The van der Waals surface area contributed by atoms with Gasteiger partial charge in [-0.15, -0.1) is 0 Å². The van der Waals surface area contributed by atoms with Crippen molar-refractivity contribution >= 4 is 21.8 Å². The Morgan fingerprint density at radius 1 is 0.344 bits per heavy atom. The summed E-state index contributed by atoms with van der Waals surface area (Å²) >= 11 is 0. The van der Waals surface area contributed by atoms with Gasteiger partial charge < -0.3 is 4.57 Å². The lowest BCUT2D eigenvalue weighted by molar-refractivity contribution is 1.17. The zero-order valence-electron chi connectivity index (χ0n) is 32.7. The fourth-order valence-electron chi connectivity index (χ4n) is 8.11. The van der Waals surface area contributed by atoms with Crippen molar-refractivity contribution in [1.82, 2.24) is 14.5 Å². The quantitative estimate of drug-likeness (QED) is 0.160. The van der Waals surface area contributed by atoms with Crippen LogP contribution in [0.1, 0.15) is 16.7 Å². The molecular formula is C55H32N6. The second kappa shape index (κ2) is 15.5. The van der Waals surface area contributed by atoms with E-state index in [0.29, 0.717) is 22.5 Å². The first-order chi connectivity index (χ1) is 30.1. The number of nitrogens with zero attached hydrogens (tertiary/aromatic N) is 6. The fourth-order valence-corrected chi connectivity index (χ4v) is 8.11. The Labute approximate surface area is 352 Å². The van der Waals surface area contributed by atoms with Crippen molar-refractivity contribution in [3.8, 4) is 91.2 Å². The van der Waals surface area contributed by atoms with Gasteiger partial charge in [-0.05, 0) is 95.1 Å². The Hall–Kier alpha value is -8.89. The Morgan fingerprint density at radius 3 is 1.30 bits per heavy atom. The number of hydrogen-bond donors (Lipinski definition) is 0. The molecule has 282 valence electrons. The summed E-state index contributed by atoms with van der Waals surface area (Å²) in [6.07, 6.45) is 0. The van der Waals surface area contributed by atoms with Crippen LogP contribution in [0.15, 0.2) is 194 Å². The van der Waals surface area contributed by atoms with Crippen LogP contribution in [0.3, 0.4) is 0 Å². The highest BCUT2D eigenvalue weighted by molar-refractivity contribution is 6.12. The van der Waals surface area contributed by atoms with Crippen molar-refractivity contribution < 1.29 is 0 Å². The van der Waals surface area contributed by atoms with Crippen LogP contribution in [-0.4, -0.2) is 14.5 Å². The number of rotatable bonds is 7. The van der Waals surface area contributed by atoms with Crippen LogP contribution < -0.4 is 0 Å². The summed E-state index contributed by atoms with van der Waals surface area (Å²) in [5.41, 5.74) is 14.8. The molecule has 0 radical (unpaired) electrons. The minimum Gasteiger partial charge on any atom is -0.308 e. The Bertz CT molecular complexity index is 3270. The van der Waals surface area contributed by atoms with E-state index in [9.17, 15) is 15.8 Å². The van der Waals surface area contributed by atoms with Crippen LogP contribution in [0.2, 0.25) is 0 Å². The van der Waals surface area contributed by atoms with Crippen molar-refractivity contribution in [3.05, 3.63) is 211 Å². The van der Waals surface area contributed by atoms with Crippen LogP contribution in [0.5, 0.6) is 0 Å². The number of benzene rings is 8. The van der Waals surface area contributed by atoms with E-state index >= 15 is 0 Å². The van der Waals surface area contributed by atoms with Crippen LogP contribution in [0.4, 0.5) is 0 Å². The van der Waals surface area contributed by atoms with E-state index in [4.69, 9.17) is 9.97 Å². The molecular weight excluding hydrogens is 745 g/mol. The summed E-state index contributed by atoms with van der Waals surface area (Å²) < 4.78 is 2.33. The molecule has 0 aliphatic heterocycles. The molecule has 0 bridgehead atoms. The van der Waals surface area contributed by atoms with Gasteiger partial charge in [0, 0.05) is 38.6 Å². The molecule has 6 heteroatoms. The van der Waals surface area contributed by atoms with Gasteiger partial charge in [-0.25, -0.2) is 9.97 Å². The van der Waals surface area contributed by atoms with E-state index in [1.54, 1.807) is 0 Å². The van der Waals surface area contributed by atoms with E-state index in [-0.39, 0.29) is 0 Å². The van der Waals surface area contributed by atoms with E-state index in [0.717, 1.165) is 89.0 Å². The van der Waals surface area contributed by atoms with Gasteiger partial charge in [0.2, 0.25) is 0 Å². The smallest absolute Gasteiger partial charge is 0.160 e. The standard InChI is InChI=1S/C55H32N6/c56-33-36-15-21-39(22-16-36)44-27-28-53-49(29-44)46-13-7-8-14-52(46)61(53)54-47(40-23-17-37(34-57)18-24-40)30-45(31-48(54)41-25-19-38(35-58)20-26-41)55-59-50(42-9-3-1-4-10-42)32-51(60-55)43-11-5-2-6-12-43/h1-32H. The second-order valence-electron chi connectivity index (χ2n) is 14.8. The maximum Gasteiger partial charge on any atom is 0.160 e. The molecule has 0 fully saturated rings. The van der Waals surface area contributed by atoms with Crippen molar-refractivity contribution in [2.75, 3.05) is 0 Å². The third kappa shape index (κ3) is 6.75. The lowest BCUT2D eigenvalue weighted by atomic mass is 9.91. The van der Waals surface area contributed by atoms with Crippen molar-refractivity contribution in [2.45, 2.75) is 0 Å². The molecule has 0 atom stereocenters. The van der Waals surface area contributed by atoms with Gasteiger partial charge in [0.25, 0.3) is 0 Å². The molecule has 0 saturated heterocycles. The highest BCUT2D eigenvalue weighted by Crippen LogP contribution is 2.44. The van der Waals surface area contributed by atoms with E-state index in [2.05, 4.69) is 102 Å². The fraction of sp³-hybridized carbons (Fsp3) is 0. The third-order valence-corrected chi connectivity index (χ3v) is 11.1. The zero-order valence-corrected chi connectivity index (χ0v) is 32.7. The van der Waals surface area contributed by atoms with Gasteiger partial charge in [0.1, 0.15) is 0 Å². The number of nitriles is 3. The molecule has 0 aliphatic rings. The average Bonchev–Trinajstić information content (AvgIpc) is 3.67. The minimum atomic E-state index is 0.561. The molecule has 8 aromatic carbocycles. The molecule has 61 heavy (non-hydrogen) atoms. The molecule has 2 aromatic heterocycles. The first kappa shape index (κ1) is 36.5. The summed E-state index contributed by atoms with van der Waals surface area (Å²) in [6, 6.07) is 71.4. The predicted molar refractivity (Wildman–Crippen MR) is 243 cm³/mol. The Balaban J connectivity index is 1.30. The lowest BCUT2D eigenvalue weighted by Crippen LogP contribution is -2.03. The van der Waals surface area contributed by atoms with Gasteiger partial charge in [0.05, 0.1) is 63.0 Å². The maximum absolute atomic E-state index is 9.83. The normalized spacial score (nSPS) is 10.9. The van der Waals surface area contributed by atoms with Crippen molar-refractivity contribution in [1.29, 1.82) is 15.8 Å². The second-order valence-corrected chi connectivity index (χ2v) is 14.8. The van der Waals surface area contributed by atoms with Gasteiger partial charge in [-0.2, -0.15) is 15.8 Å². The first-order valence-corrected chi connectivity index (χ1v) is 19.8. The summed E-state index contributed by atoms with van der Waals surface area (Å²) in [4.78, 5) is 10.5. The van der Waals surface area contributed by atoms with E-state index in [1.165, 1.54) is 0 Å². The van der Waals surface area contributed by atoms with Crippen molar-refractivity contribution in [3.63, 3.8) is 0 Å². The molecule has 0 amide bonds. The summed E-state index contributed by atoms with van der Waals surface area (Å²) in [5, 5.41) is 31.3. The molecule has 6 nitrogen and oxygen atoms in total. The predicted octanol–water partition coefficient (Wildman–Crippen LogP) is 13.2. The number of aromatic nitrogens is 3. The van der Waals surface area contributed by atoms with Gasteiger partial charge >= 0.3 is 0 Å². The number of hydrogen-bond acceptors (Lipinski definition) is 5. The van der Waals surface area contributed by atoms with Crippen LogP contribution >= 0.6 is 0 Å². The molecule has 10 rings (SSSR count). The highest BCUT2D eigenvalue weighted by atomic mass is 15.0. The molecule has 2 heterocycles. The first-order valence-electron chi connectivity index (χ1n) is 19.8. The molecule has 0 spiro atoms. The molecule has 0 N–H and O–H groups in total. The largest absolute Gasteiger partial charge is 0.308 e.